The Balaban J connectivity index is 0. The van der Waals surface area contributed by atoms with Crippen molar-refractivity contribution >= 4 is 7.92 Å². The Morgan fingerprint density at radius 2 is 1.19 bits per heavy atom. The van der Waals surface area contributed by atoms with Crippen LogP contribution in [-0.2, 0) is 22.1 Å². The molecule has 1 atom stereocenters. The molecule has 0 radical (unpaired) electrons. The second-order valence-electron chi connectivity index (χ2n) is 9.42. The fraction of sp³-hybridized carbons (Fsp3) is 0.480. The van der Waals surface area contributed by atoms with Gasteiger partial charge in [0.25, 0.3) is 0 Å². The number of hydrogen-bond acceptors (Lipinski definition) is 3. The Hall–Kier alpha value is -0.479. The number of ether oxygens (including phenoxy) is 2. The minimum atomic E-state index is -1.20. The summed E-state index contributed by atoms with van der Waals surface area (Å²) in [4.78, 5) is 0. The van der Waals surface area contributed by atoms with E-state index in [-0.39, 0.29) is 53.1 Å². The topological polar surface area (TPSA) is 38.7 Å². The minimum Gasteiger partial charge on any atom is -0.496 e. The molecule has 0 aliphatic rings. The second-order valence-corrected chi connectivity index (χ2v) is 13.7. The standard InChI is InChI=1S/C24H35O3P.CH3.Li.Ni/c1-22(2,3)28(23(4,5)6)17-24(25,18-13-10-9-11-14-18)21-19(26-7)15-12-16-20(21)27-8;;;/h9-16,25H,17H2,1-8H3;1H3;;/q;-1;+1;/p+1. The van der Waals surface area contributed by atoms with Crippen molar-refractivity contribution in [3.05, 3.63) is 67.1 Å². The maximum Gasteiger partial charge on any atom is 1.00 e. The van der Waals surface area contributed by atoms with Gasteiger partial charge in [0.15, 0.2) is 5.60 Å². The molecule has 0 saturated carbocycles. The zero-order valence-corrected chi connectivity index (χ0v) is 22.9. The Morgan fingerprint density at radius 3 is 1.55 bits per heavy atom. The predicted molar refractivity (Wildman–Crippen MR) is 128 cm³/mol. The Labute approximate surface area is 213 Å². The van der Waals surface area contributed by atoms with Gasteiger partial charge < -0.3 is 22.0 Å². The molecule has 0 aliphatic carbocycles. The van der Waals surface area contributed by atoms with Crippen molar-refractivity contribution in [2.24, 2.45) is 0 Å². The van der Waals surface area contributed by atoms with Crippen LogP contribution >= 0.6 is 7.92 Å². The van der Waals surface area contributed by atoms with E-state index in [4.69, 9.17) is 9.47 Å². The van der Waals surface area contributed by atoms with E-state index in [1.807, 2.05) is 48.5 Å². The third-order valence-corrected chi connectivity index (χ3v) is 9.82. The summed E-state index contributed by atoms with van der Waals surface area (Å²) in [6.07, 6.45) is 0.658. The fourth-order valence-corrected chi connectivity index (χ4v) is 8.42. The Kier molecular flexibility index (Phi) is 13.4. The van der Waals surface area contributed by atoms with Crippen LogP contribution in [0.5, 0.6) is 11.5 Å². The van der Waals surface area contributed by atoms with Gasteiger partial charge >= 0.3 is 18.9 Å². The van der Waals surface area contributed by atoms with Crippen LogP contribution < -0.4 is 28.3 Å². The SMILES string of the molecule is COc1cccc(OC)c1C(O)(C[PH+](C(C)(C)C)C(C)(C)C)c1ccccc1.[CH3-].[Li+].[Ni]. The molecule has 0 fully saturated rings. The maximum absolute atomic E-state index is 12.3. The third-order valence-electron chi connectivity index (χ3n) is 5.34. The summed E-state index contributed by atoms with van der Waals surface area (Å²) in [6, 6.07) is 15.6. The molecule has 0 amide bonds. The summed E-state index contributed by atoms with van der Waals surface area (Å²) in [7, 11) is 2.25. The fourth-order valence-electron chi connectivity index (χ4n) is 4.22. The van der Waals surface area contributed by atoms with Gasteiger partial charge in [0.1, 0.15) is 11.5 Å². The first-order valence-electron chi connectivity index (χ1n) is 9.81. The van der Waals surface area contributed by atoms with Crippen LogP contribution in [0.25, 0.3) is 0 Å². The van der Waals surface area contributed by atoms with Crippen molar-refractivity contribution in [1.82, 2.24) is 0 Å². The first-order valence-corrected chi connectivity index (χ1v) is 11.5. The maximum atomic E-state index is 12.3. The molecule has 0 spiro atoms. The smallest absolute Gasteiger partial charge is 0.496 e. The minimum absolute atomic E-state index is 0. The zero-order valence-electron chi connectivity index (χ0n) is 20.9. The quantitative estimate of drug-likeness (QED) is 0.389. The molecule has 3 nitrogen and oxygen atoms in total. The zero-order chi connectivity index (χ0) is 21.2. The molecule has 0 heterocycles. The summed E-state index contributed by atoms with van der Waals surface area (Å²) in [5.41, 5.74) is 0.379. The van der Waals surface area contributed by atoms with E-state index in [0.29, 0.717) is 23.2 Å². The molecule has 2 rings (SSSR count). The van der Waals surface area contributed by atoms with Crippen LogP contribution in [0.3, 0.4) is 0 Å². The average molecular weight is 484 g/mol. The van der Waals surface area contributed by atoms with Gasteiger partial charge in [-0.2, -0.15) is 0 Å². The van der Waals surface area contributed by atoms with Gasteiger partial charge in [0.05, 0.1) is 36.3 Å². The Bertz CT molecular complexity index is 751. The summed E-state index contributed by atoms with van der Waals surface area (Å²) >= 11 is 0. The number of hydrogen-bond donors (Lipinski definition) is 1. The van der Waals surface area contributed by atoms with E-state index in [0.717, 1.165) is 5.56 Å². The monoisotopic (exact) mass is 483 g/mol. The molecule has 0 aromatic heterocycles. The van der Waals surface area contributed by atoms with E-state index in [9.17, 15) is 5.11 Å². The van der Waals surface area contributed by atoms with Crippen molar-refractivity contribution in [2.45, 2.75) is 57.5 Å². The largest absolute Gasteiger partial charge is 1.00 e. The molecular weight excluding hydrogens is 445 g/mol. The van der Waals surface area contributed by atoms with E-state index >= 15 is 0 Å². The van der Waals surface area contributed by atoms with Crippen molar-refractivity contribution in [2.75, 3.05) is 20.4 Å². The third kappa shape index (κ3) is 7.52. The van der Waals surface area contributed by atoms with Gasteiger partial charge in [-0.05, 0) is 59.2 Å². The molecule has 172 valence electrons. The molecule has 1 unspecified atom stereocenters. The van der Waals surface area contributed by atoms with Gasteiger partial charge in [0.2, 0.25) is 0 Å². The Morgan fingerprint density at radius 1 is 0.774 bits per heavy atom. The van der Waals surface area contributed by atoms with E-state index in [1.54, 1.807) is 14.2 Å². The summed E-state index contributed by atoms with van der Waals surface area (Å²) in [6.45, 7) is 13.7. The molecule has 31 heavy (non-hydrogen) atoms. The van der Waals surface area contributed by atoms with Crippen LogP contribution in [0.15, 0.2) is 48.5 Å². The summed E-state index contributed by atoms with van der Waals surface area (Å²) < 4.78 is 11.4. The number of rotatable bonds is 6. The van der Waals surface area contributed by atoms with Gasteiger partial charge in [-0.3, -0.25) is 0 Å². The van der Waals surface area contributed by atoms with E-state index in [1.165, 1.54) is 0 Å². The first-order chi connectivity index (χ1) is 12.9. The van der Waals surface area contributed by atoms with Gasteiger partial charge in [-0.25, -0.2) is 0 Å². The molecule has 1 N–H and O–H groups in total. The molecule has 2 aromatic rings. The van der Waals surface area contributed by atoms with Crippen LogP contribution in [-0.4, -0.2) is 35.8 Å². The van der Waals surface area contributed by atoms with Gasteiger partial charge in [-0.15, -0.1) is 0 Å². The van der Waals surface area contributed by atoms with Crippen LogP contribution in [0.2, 0.25) is 0 Å². The summed E-state index contributed by atoms with van der Waals surface area (Å²) in [5, 5.41) is 12.6. The van der Waals surface area contributed by atoms with Crippen LogP contribution in [0.4, 0.5) is 0 Å². The average Bonchev–Trinajstić information content (AvgIpc) is 2.64. The molecule has 0 aliphatic heterocycles. The molecule has 6 heteroatoms. The molecule has 2 aromatic carbocycles. The van der Waals surface area contributed by atoms with Gasteiger partial charge in [-0.1, -0.05) is 36.4 Å². The van der Waals surface area contributed by atoms with Crippen LogP contribution in [0, 0.1) is 7.43 Å². The van der Waals surface area contributed by atoms with Gasteiger partial charge in [0, 0.05) is 24.4 Å². The normalized spacial score (nSPS) is 13.2. The number of methoxy groups -OCH3 is 2. The van der Waals surface area contributed by atoms with Crippen molar-refractivity contribution in [1.29, 1.82) is 0 Å². The van der Waals surface area contributed by atoms with Crippen molar-refractivity contribution in [3.8, 4) is 11.5 Å². The van der Waals surface area contributed by atoms with Crippen LogP contribution in [0.1, 0.15) is 52.7 Å². The van der Waals surface area contributed by atoms with E-state index < -0.39 is 13.5 Å². The molecule has 0 saturated heterocycles. The van der Waals surface area contributed by atoms with Crippen molar-refractivity contribution in [3.63, 3.8) is 0 Å². The second kappa shape index (κ2) is 12.7. The first kappa shape index (κ1) is 32.7. The summed E-state index contributed by atoms with van der Waals surface area (Å²) in [5.74, 6) is 1.30. The number of aliphatic hydroxyl groups is 1. The number of benzene rings is 2. The molecule has 0 bridgehead atoms. The van der Waals surface area contributed by atoms with E-state index in [2.05, 4.69) is 41.5 Å². The predicted octanol–water partition coefficient (Wildman–Crippen LogP) is 3.20. The van der Waals surface area contributed by atoms with Crippen molar-refractivity contribution < 1.29 is 49.9 Å². The molecular formula is C25H39LiNiO3P+.